The Labute approximate surface area is 149 Å². The lowest BCUT2D eigenvalue weighted by atomic mass is 9.88. The van der Waals surface area contributed by atoms with Crippen LogP contribution in [0.5, 0.6) is 0 Å². The first-order valence-corrected chi connectivity index (χ1v) is 9.19. The van der Waals surface area contributed by atoms with Gasteiger partial charge >= 0.3 is 0 Å². The molecule has 0 radical (unpaired) electrons. The Morgan fingerprint density at radius 3 is 2.32 bits per heavy atom. The number of fused-ring (bicyclic) bond motifs is 2. The molecule has 0 saturated carbocycles. The lowest BCUT2D eigenvalue weighted by molar-refractivity contribution is 0.874. The van der Waals surface area contributed by atoms with Gasteiger partial charge in [0, 0.05) is 11.7 Å². The Bertz CT molecular complexity index is 1050. The highest BCUT2D eigenvalue weighted by atomic mass is 14.7. The minimum Gasteiger partial charge on any atom is -0.361 e. The van der Waals surface area contributed by atoms with Crippen LogP contribution in [0.3, 0.4) is 0 Å². The van der Waals surface area contributed by atoms with E-state index in [0.29, 0.717) is 11.8 Å². The monoisotopic (exact) mass is 327 g/mol. The van der Waals surface area contributed by atoms with Crippen LogP contribution in [0.1, 0.15) is 50.7 Å². The van der Waals surface area contributed by atoms with Crippen molar-refractivity contribution in [3.05, 3.63) is 71.9 Å². The van der Waals surface area contributed by atoms with Gasteiger partial charge in [-0.2, -0.15) is 0 Å². The Kier molecular flexibility index (Phi) is 3.88. The molecule has 1 nitrogen and oxygen atoms in total. The molecule has 4 rings (SSSR count). The number of nitrogens with one attached hydrogen (secondary N) is 1. The van der Waals surface area contributed by atoms with Crippen molar-refractivity contribution in [2.24, 2.45) is 0 Å². The molecule has 1 heterocycles. The second-order valence-electron chi connectivity index (χ2n) is 7.56. The quantitative estimate of drug-likeness (QED) is 0.408. The number of benzene rings is 3. The minimum absolute atomic E-state index is 0.466. The molecule has 4 aromatic rings. The molecule has 0 spiro atoms. The molecule has 0 bridgehead atoms. The zero-order valence-electron chi connectivity index (χ0n) is 15.4. The maximum atomic E-state index is 3.45. The van der Waals surface area contributed by atoms with E-state index in [4.69, 9.17) is 0 Å². The van der Waals surface area contributed by atoms with Crippen LogP contribution in [-0.4, -0.2) is 4.98 Å². The summed E-state index contributed by atoms with van der Waals surface area (Å²) in [6, 6.07) is 20.2. The predicted molar refractivity (Wildman–Crippen MR) is 109 cm³/mol. The second-order valence-corrected chi connectivity index (χ2v) is 7.56. The molecule has 0 unspecified atom stereocenters. The summed E-state index contributed by atoms with van der Waals surface area (Å²) in [7, 11) is 0. The minimum atomic E-state index is 0.466. The fourth-order valence-corrected chi connectivity index (χ4v) is 3.97. The van der Waals surface area contributed by atoms with Crippen molar-refractivity contribution in [2.75, 3.05) is 0 Å². The van der Waals surface area contributed by atoms with Gasteiger partial charge in [0.1, 0.15) is 0 Å². The van der Waals surface area contributed by atoms with E-state index in [1.165, 1.54) is 43.9 Å². The third kappa shape index (κ3) is 2.64. The van der Waals surface area contributed by atoms with E-state index >= 15 is 0 Å². The van der Waals surface area contributed by atoms with Crippen molar-refractivity contribution >= 4 is 21.7 Å². The average Bonchev–Trinajstić information content (AvgIpc) is 3.08. The Morgan fingerprint density at radius 2 is 1.56 bits per heavy atom. The van der Waals surface area contributed by atoms with Gasteiger partial charge in [-0.05, 0) is 62.4 Å². The molecule has 3 aromatic carbocycles. The molecule has 0 atom stereocenters. The van der Waals surface area contributed by atoms with Gasteiger partial charge in [-0.25, -0.2) is 0 Å². The van der Waals surface area contributed by atoms with Gasteiger partial charge in [0.05, 0.1) is 0 Å². The van der Waals surface area contributed by atoms with Crippen LogP contribution >= 0.6 is 0 Å². The van der Waals surface area contributed by atoms with Crippen LogP contribution in [0.25, 0.3) is 32.8 Å². The summed E-state index contributed by atoms with van der Waals surface area (Å²) in [5, 5.41) is 3.98. The molecule has 0 aliphatic heterocycles. The number of aromatic amines is 1. The SMILES string of the molecule is CC(C)c1cccc2ccc(-c3ccc4cc[nH]c4c3C(C)C)cc12. The van der Waals surface area contributed by atoms with Crippen molar-refractivity contribution in [1.29, 1.82) is 0 Å². The van der Waals surface area contributed by atoms with Gasteiger partial charge in [-0.3, -0.25) is 0 Å². The van der Waals surface area contributed by atoms with Crippen LogP contribution in [0, 0.1) is 0 Å². The highest BCUT2D eigenvalue weighted by Crippen LogP contribution is 2.37. The second kappa shape index (κ2) is 6.07. The van der Waals surface area contributed by atoms with E-state index in [2.05, 4.69) is 87.3 Å². The van der Waals surface area contributed by atoms with Crippen molar-refractivity contribution in [2.45, 2.75) is 39.5 Å². The van der Waals surface area contributed by atoms with Crippen molar-refractivity contribution in [1.82, 2.24) is 4.98 Å². The first-order chi connectivity index (χ1) is 12.1. The molecule has 1 aromatic heterocycles. The summed E-state index contributed by atoms with van der Waals surface area (Å²) < 4.78 is 0. The van der Waals surface area contributed by atoms with Crippen molar-refractivity contribution in [3.8, 4) is 11.1 Å². The van der Waals surface area contributed by atoms with Crippen molar-refractivity contribution < 1.29 is 0 Å². The first-order valence-electron chi connectivity index (χ1n) is 9.19. The van der Waals surface area contributed by atoms with Gasteiger partial charge in [0.15, 0.2) is 0 Å². The van der Waals surface area contributed by atoms with E-state index in [9.17, 15) is 0 Å². The fourth-order valence-electron chi connectivity index (χ4n) is 3.97. The number of rotatable bonds is 3. The summed E-state index contributed by atoms with van der Waals surface area (Å²) in [5.74, 6) is 0.989. The highest BCUT2D eigenvalue weighted by Gasteiger charge is 2.15. The molecule has 0 amide bonds. The summed E-state index contributed by atoms with van der Waals surface area (Å²) in [5.41, 5.74) is 6.74. The van der Waals surface area contributed by atoms with Gasteiger partial charge in [0.2, 0.25) is 0 Å². The lowest BCUT2D eigenvalue weighted by Gasteiger charge is -2.16. The van der Waals surface area contributed by atoms with E-state index in [1.807, 2.05) is 6.20 Å². The summed E-state index contributed by atoms with van der Waals surface area (Å²) >= 11 is 0. The number of hydrogen-bond donors (Lipinski definition) is 1. The molecule has 0 aliphatic carbocycles. The summed E-state index contributed by atoms with van der Waals surface area (Å²) in [4.78, 5) is 3.45. The summed E-state index contributed by atoms with van der Waals surface area (Å²) in [6.07, 6.45) is 2.04. The molecule has 0 fully saturated rings. The molecular formula is C24H25N. The lowest BCUT2D eigenvalue weighted by Crippen LogP contribution is -1.95. The average molecular weight is 327 g/mol. The maximum absolute atomic E-state index is 3.45. The Morgan fingerprint density at radius 1 is 0.760 bits per heavy atom. The normalized spacial score (nSPS) is 11.9. The Balaban J connectivity index is 2.00. The van der Waals surface area contributed by atoms with Crippen LogP contribution in [0.2, 0.25) is 0 Å². The number of aromatic nitrogens is 1. The van der Waals surface area contributed by atoms with Gasteiger partial charge < -0.3 is 4.98 Å². The standard InChI is InChI=1S/C24H25N/c1-15(2)20-7-5-6-17-8-9-19(14-22(17)20)21-11-10-18-12-13-25-24(18)23(21)16(3)4/h5-16,25H,1-4H3. The number of hydrogen-bond acceptors (Lipinski definition) is 0. The molecule has 25 heavy (non-hydrogen) atoms. The predicted octanol–water partition coefficient (Wildman–Crippen LogP) is 7.23. The van der Waals surface area contributed by atoms with Crippen LogP contribution in [-0.2, 0) is 0 Å². The number of H-pyrrole nitrogens is 1. The maximum Gasteiger partial charge on any atom is 0.0495 e. The molecule has 1 N–H and O–H groups in total. The topological polar surface area (TPSA) is 15.8 Å². The first kappa shape index (κ1) is 16.0. The zero-order chi connectivity index (χ0) is 17.6. The van der Waals surface area contributed by atoms with Crippen LogP contribution < -0.4 is 0 Å². The largest absolute Gasteiger partial charge is 0.361 e. The van der Waals surface area contributed by atoms with Gasteiger partial charge in [-0.1, -0.05) is 70.2 Å². The van der Waals surface area contributed by atoms with E-state index in [1.54, 1.807) is 0 Å². The van der Waals surface area contributed by atoms with Gasteiger partial charge in [-0.15, -0.1) is 0 Å². The summed E-state index contributed by atoms with van der Waals surface area (Å²) in [6.45, 7) is 9.09. The van der Waals surface area contributed by atoms with Crippen molar-refractivity contribution in [3.63, 3.8) is 0 Å². The Hall–Kier alpha value is -2.54. The smallest absolute Gasteiger partial charge is 0.0495 e. The third-order valence-electron chi connectivity index (χ3n) is 5.19. The molecule has 0 saturated heterocycles. The molecule has 126 valence electrons. The van der Waals surface area contributed by atoms with Crippen LogP contribution in [0.15, 0.2) is 60.8 Å². The fraction of sp³-hybridized carbons (Fsp3) is 0.250. The van der Waals surface area contributed by atoms with E-state index < -0.39 is 0 Å². The highest BCUT2D eigenvalue weighted by molar-refractivity contribution is 5.94. The third-order valence-corrected chi connectivity index (χ3v) is 5.19. The zero-order valence-corrected chi connectivity index (χ0v) is 15.4. The molecule has 0 aliphatic rings. The molecule has 1 heteroatoms. The van der Waals surface area contributed by atoms with Gasteiger partial charge in [0.25, 0.3) is 0 Å². The van der Waals surface area contributed by atoms with Crippen LogP contribution in [0.4, 0.5) is 0 Å². The molecular weight excluding hydrogens is 302 g/mol. The van der Waals surface area contributed by atoms with E-state index in [-0.39, 0.29) is 0 Å². The van der Waals surface area contributed by atoms with E-state index in [0.717, 1.165) is 0 Å².